The molecule has 30 heavy (non-hydrogen) atoms. The predicted octanol–water partition coefficient (Wildman–Crippen LogP) is 3.50. The van der Waals surface area contributed by atoms with Crippen molar-refractivity contribution >= 4 is 29.1 Å². The molecule has 7 nitrogen and oxygen atoms in total. The first kappa shape index (κ1) is 19.3. The van der Waals surface area contributed by atoms with Crippen molar-refractivity contribution in [3.63, 3.8) is 0 Å². The minimum absolute atomic E-state index is 0.0842. The van der Waals surface area contributed by atoms with Crippen LogP contribution in [0.3, 0.4) is 0 Å². The highest BCUT2D eigenvalue weighted by molar-refractivity contribution is 6.20. The molecule has 5 atom stereocenters. The van der Waals surface area contributed by atoms with Crippen LogP contribution in [0.25, 0.3) is 17.0 Å². The van der Waals surface area contributed by atoms with E-state index in [2.05, 4.69) is 25.6 Å². The first-order valence-electron chi connectivity index (χ1n) is 10.5. The fourth-order valence-corrected chi connectivity index (χ4v) is 5.16. The van der Waals surface area contributed by atoms with Crippen LogP contribution in [0, 0.1) is 11.8 Å². The number of halogens is 1. The smallest absolute Gasteiger partial charge is 0.225 e. The molecule has 156 valence electrons. The van der Waals surface area contributed by atoms with E-state index in [1.54, 1.807) is 6.20 Å². The number of fused-ring (bicyclic) bond motifs is 2. The van der Waals surface area contributed by atoms with Gasteiger partial charge in [-0.25, -0.2) is 15.0 Å². The zero-order chi connectivity index (χ0) is 20.7. The lowest BCUT2D eigenvalue weighted by molar-refractivity contribution is -0.130. The lowest BCUT2D eigenvalue weighted by Gasteiger charge is -2.42. The highest BCUT2D eigenvalue weighted by Gasteiger charge is 2.41. The lowest BCUT2D eigenvalue weighted by atomic mass is 9.74. The van der Waals surface area contributed by atoms with Crippen molar-refractivity contribution in [2.45, 2.75) is 50.1 Å². The van der Waals surface area contributed by atoms with E-state index in [0.29, 0.717) is 11.9 Å². The predicted molar refractivity (Wildman–Crippen MR) is 116 cm³/mol. The Morgan fingerprint density at radius 3 is 3.03 bits per heavy atom. The number of piperidine rings is 1. The number of hydrogen-bond donors (Lipinski definition) is 2. The molecule has 4 unspecified atom stereocenters. The van der Waals surface area contributed by atoms with Gasteiger partial charge >= 0.3 is 0 Å². The normalized spacial score (nSPS) is 27.3. The number of nitrogens with zero attached hydrogens (tertiary/aromatic N) is 4. The van der Waals surface area contributed by atoms with Crippen molar-refractivity contribution in [3.05, 3.63) is 42.9 Å². The monoisotopic (exact) mass is 424 g/mol. The van der Waals surface area contributed by atoms with Crippen molar-refractivity contribution in [2.24, 2.45) is 11.8 Å². The number of hydrogen-bond acceptors (Lipinski definition) is 5. The maximum atomic E-state index is 12.7. The summed E-state index contributed by atoms with van der Waals surface area (Å²) in [5.74, 6) is 0.941. The second-order valence-electron chi connectivity index (χ2n) is 8.40. The van der Waals surface area contributed by atoms with E-state index in [0.717, 1.165) is 42.7 Å². The molecule has 0 aromatic carbocycles. The van der Waals surface area contributed by atoms with Gasteiger partial charge in [-0.05, 0) is 56.7 Å². The number of carbonyl (C=O) groups is 1. The highest BCUT2D eigenvalue weighted by atomic mass is 35.5. The number of amides is 1. The molecule has 1 aliphatic carbocycles. The molecule has 2 aliphatic rings. The fraction of sp³-hybridized carbons (Fsp3) is 0.455. The topological polar surface area (TPSA) is 84.2 Å². The van der Waals surface area contributed by atoms with Crippen LogP contribution in [0.4, 0.5) is 5.95 Å². The Balaban J connectivity index is 1.33. The van der Waals surface area contributed by atoms with E-state index >= 15 is 0 Å². The SMILES string of the molecule is C[C@H](Nc1nccc(-c2cnc3ccccn23)n1)C1CC2CC(Cl)CCC2NC1=O. The van der Waals surface area contributed by atoms with Gasteiger partial charge in [-0.1, -0.05) is 6.07 Å². The number of aromatic nitrogens is 4. The van der Waals surface area contributed by atoms with Gasteiger partial charge in [0.1, 0.15) is 5.65 Å². The number of alkyl halides is 1. The maximum absolute atomic E-state index is 12.7. The average Bonchev–Trinajstić information content (AvgIpc) is 3.18. The van der Waals surface area contributed by atoms with Crippen molar-refractivity contribution in [1.29, 1.82) is 0 Å². The summed E-state index contributed by atoms with van der Waals surface area (Å²) in [6, 6.07) is 7.93. The summed E-state index contributed by atoms with van der Waals surface area (Å²) in [6.45, 7) is 2.02. The quantitative estimate of drug-likeness (QED) is 0.626. The average molecular weight is 425 g/mol. The summed E-state index contributed by atoms with van der Waals surface area (Å²) in [6.07, 6.45) is 9.28. The summed E-state index contributed by atoms with van der Waals surface area (Å²) in [5, 5.41) is 6.79. The van der Waals surface area contributed by atoms with Gasteiger partial charge in [0, 0.05) is 29.9 Å². The summed E-state index contributed by atoms with van der Waals surface area (Å²) < 4.78 is 2.00. The van der Waals surface area contributed by atoms with E-state index in [4.69, 9.17) is 11.6 Å². The Morgan fingerprint density at radius 2 is 2.13 bits per heavy atom. The van der Waals surface area contributed by atoms with Crippen LogP contribution in [-0.4, -0.2) is 42.7 Å². The summed E-state index contributed by atoms with van der Waals surface area (Å²) in [5.41, 5.74) is 2.55. The second kappa shape index (κ2) is 7.87. The van der Waals surface area contributed by atoms with Gasteiger partial charge < -0.3 is 10.6 Å². The molecule has 3 aromatic heterocycles. The minimum atomic E-state index is -0.128. The molecule has 0 radical (unpaired) electrons. The Hall–Kier alpha value is -2.67. The van der Waals surface area contributed by atoms with E-state index in [9.17, 15) is 4.79 Å². The van der Waals surface area contributed by atoms with Gasteiger partial charge in [-0.2, -0.15) is 0 Å². The van der Waals surface area contributed by atoms with Crippen molar-refractivity contribution < 1.29 is 4.79 Å². The van der Waals surface area contributed by atoms with Crippen LogP contribution in [0.2, 0.25) is 0 Å². The van der Waals surface area contributed by atoms with E-state index in [1.165, 1.54) is 0 Å². The molecular weight excluding hydrogens is 400 g/mol. The third-order valence-electron chi connectivity index (χ3n) is 6.43. The number of imidazole rings is 1. The molecule has 3 aromatic rings. The van der Waals surface area contributed by atoms with Crippen LogP contribution < -0.4 is 10.6 Å². The Labute approximate surface area is 180 Å². The van der Waals surface area contributed by atoms with Gasteiger partial charge in [-0.15, -0.1) is 11.6 Å². The first-order valence-corrected chi connectivity index (χ1v) is 11.0. The van der Waals surface area contributed by atoms with Crippen LogP contribution in [-0.2, 0) is 4.79 Å². The molecule has 2 N–H and O–H groups in total. The molecule has 1 aliphatic heterocycles. The summed E-state index contributed by atoms with van der Waals surface area (Å²) >= 11 is 6.38. The van der Waals surface area contributed by atoms with Crippen molar-refractivity contribution in [3.8, 4) is 11.4 Å². The Kier molecular flexibility index (Phi) is 5.06. The van der Waals surface area contributed by atoms with Gasteiger partial charge in [0.2, 0.25) is 11.9 Å². The summed E-state index contributed by atoms with van der Waals surface area (Å²) in [7, 11) is 0. The molecule has 5 rings (SSSR count). The van der Waals surface area contributed by atoms with E-state index < -0.39 is 0 Å². The Morgan fingerprint density at radius 1 is 1.23 bits per heavy atom. The third-order valence-corrected chi connectivity index (χ3v) is 6.83. The van der Waals surface area contributed by atoms with Gasteiger partial charge in [0.25, 0.3) is 0 Å². The highest BCUT2D eigenvalue weighted by Crippen LogP contribution is 2.36. The maximum Gasteiger partial charge on any atom is 0.225 e. The number of rotatable bonds is 4. The van der Waals surface area contributed by atoms with Crippen molar-refractivity contribution in [2.75, 3.05) is 5.32 Å². The molecule has 2 fully saturated rings. The van der Waals surface area contributed by atoms with Crippen molar-refractivity contribution in [1.82, 2.24) is 24.7 Å². The lowest BCUT2D eigenvalue weighted by Crippen LogP contribution is -2.55. The largest absolute Gasteiger partial charge is 0.353 e. The van der Waals surface area contributed by atoms with Gasteiger partial charge in [0.15, 0.2) is 0 Å². The van der Waals surface area contributed by atoms with Gasteiger partial charge in [-0.3, -0.25) is 9.20 Å². The number of pyridine rings is 1. The van der Waals surface area contributed by atoms with Gasteiger partial charge in [0.05, 0.1) is 23.5 Å². The first-order chi connectivity index (χ1) is 14.6. The molecule has 0 bridgehead atoms. The standard InChI is InChI=1S/C22H25ClN6O/c1-13(16-11-14-10-15(23)5-6-17(14)27-21(16)30)26-22-24-8-7-18(28-22)19-12-25-20-4-2-3-9-29(19)20/h2-4,7-9,12-17H,5-6,10-11H2,1H3,(H,27,30)(H,24,26,28)/t13-,14?,15?,16?,17?/m0/s1. The molecule has 1 saturated carbocycles. The van der Waals surface area contributed by atoms with Crippen LogP contribution in [0.1, 0.15) is 32.6 Å². The number of carbonyl (C=O) groups excluding carboxylic acids is 1. The molecule has 4 heterocycles. The third kappa shape index (κ3) is 3.62. The van der Waals surface area contributed by atoms with E-state index in [1.807, 2.05) is 48.0 Å². The van der Waals surface area contributed by atoms with Crippen LogP contribution in [0.15, 0.2) is 42.9 Å². The molecular formula is C22H25ClN6O. The fourth-order valence-electron chi connectivity index (χ4n) is 4.81. The summed E-state index contributed by atoms with van der Waals surface area (Å²) in [4.78, 5) is 26.2. The Bertz CT molecular complexity index is 1070. The molecule has 1 saturated heterocycles. The second-order valence-corrected chi connectivity index (χ2v) is 9.02. The molecule has 1 amide bonds. The molecule has 8 heteroatoms. The molecule has 0 spiro atoms. The zero-order valence-electron chi connectivity index (χ0n) is 16.8. The number of anilines is 1. The van der Waals surface area contributed by atoms with Crippen LogP contribution >= 0.6 is 11.6 Å². The van der Waals surface area contributed by atoms with E-state index in [-0.39, 0.29) is 29.3 Å². The van der Waals surface area contributed by atoms with Crippen LogP contribution in [0.5, 0.6) is 0 Å². The number of nitrogens with one attached hydrogen (secondary N) is 2. The zero-order valence-corrected chi connectivity index (χ0v) is 17.6. The minimum Gasteiger partial charge on any atom is -0.353 e.